The van der Waals surface area contributed by atoms with Gasteiger partial charge in [-0.2, -0.15) is 0 Å². The van der Waals surface area contributed by atoms with Gasteiger partial charge in [0.25, 0.3) is 0 Å². The lowest BCUT2D eigenvalue weighted by Gasteiger charge is -2.23. The highest BCUT2D eigenvalue weighted by molar-refractivity contribution is 6.02. The normalized spacial score (nSPS) is 16.8. The van der Waals surface area contributed by atoms with Gasteiger partial charge in [0.15, 0.2) is 0 Å². The second-order valence-electron chi connectivity index (χ2n) is 6.29. The molecule has 1 aliphatic rings. The first-order valence-electron chi connectivity index (χ1n) is 8.19. The Hall–Kier alpha value is -2.76. The highest BCUT2D eigenvalue weighted by atomic mass is 16.1. The number of carbonyl (C=O) groups excluding carboxylic acids is 1. The maximum atomic E-state index is 12.9. The fraction of sp³-hybridized carbons (Fsp3) is 0.333. The van der Waals surface area contributed by atoms with Gasteiger partial charge in [0.2, 0.25) is 5.91 Å². The van der Waals surface area contributed by atoms with Crippen LogP contribution in [0.1, 0.15) is 41.3 Å². The van der Waals surface area contributed by atoms with Crippen LogP contribution in [-0.4, -0.2) is 25.8 Å². The number of anilines is 1. The SMILES string of the molecule is Cc1[nH]c2ncnc(NC(=O)[C@@H]3CCCc4ncccc43)c2c1C. The summed E-state index contributed by atoms with van der Waals surface area (Å²) in [6.45, 7) is 4.00. The number of hydrogen-bond donors (Lipinski definition) is 2. The zero-order valence-electron chi connectivity index (χ0n) is 13.8. The molecule has 3 aromatic heterocycles. The molecule has 2 N–H and O–H groups in total. The number of carbonyl (C=O) groups is 1. The van der Waals surface area contributed by atoms with E-state index >= 15 is 0 Å². The van der Waals surface area contributed by atoms with Crippen LogP contribution in [0.25, 0.3) is 11.0 Å². The standard InChI is InChI=1S/C18H19N5O/c1-10-11(2)22-16-15(10)17(21-9-20-16)23-18(24)13-5-3-7-14-12(13)6-4-8-19-14/h4,6,8-9,13H,3,5,7H2,1-2H3,(H2,20,21,22,23,24)/t13-/m1/s1. The van der Waals surface area contributed by atoms with E-state index in [-0.39, 0.29) is 11.8 Å². The average molecular weight is 321 g/mol. The van der Waals surface area contributed by atoms with E-state index in [0.29, 0.717) is 5.82 Å². The number of nitrogens with one attached hydrogen (secondary N) is 2. The molecule has 0 aromatic carbocycles. The zero-order chi connectivity index (χ0) is 16.7. The summed E-state index contributed by atoms with van der Waals surface area (Å²) in [5.74, 6) is 0.373. The summed E-state index contributed by atoms with van der Waals surface area (Å²) in [6, 6.07) is 3.90. The second kappa shape index (κ2) is 5.70. The molecule has 3 heterocycles. The molecular weight excluding hydrogens is 302 g/mol. The quantitative estimate of drug-likeness (QED) is 0.760. The van der Waals surface area contributed by atoms with Gasteiger partial charge in [-0.15, -0.1) is 0 Å². The van der Waals surface area contributed by atoms with Crippen LogP contribution in [0.5, 0.6) is 0 Å². The van der Waals surface area contributed by atoms with Gasteiger partial charge in [0, 0.05) is 17.6 Å². The maximum Gasteiger partial charge on any atom is 0.233 e. The van der Waals surface area contributed by atoms with Gasteiger partial charge in [-0.3, -0.25) is 9.78 Å². The molecule has 24 heavy (non-hydrogen) atoms. The predicted molar refractivity (Wildman–Crippen MR) is 91.9 cm³/mol. The molecule has 0 saturated heterocycles. The second-order valence-corrected chi connectivity index (χ2v) is 6.29. The number of pyridine rings is 1. The summed E-state index contributed by atoms with van der Waals surface area (Å²) >= 11 is 0. The minimum Gasteiger partial charge on any atom is -0.343 e. The number of aryl methyl sites for hydroxylation is 3. The topological polar surface area (TPSA) is 83.6 Å². The number of rotatable bonds is 2. The summed E-state index contributed by atoms with van der Waals surface area (Å²) in [4.78, 5) is 29.1. The molecule has 122 valence electrons. The van der Waals surface area contributed by atoms with E-state index in [1.807, 2.05) is 26.0 Å². The molecule has 6 heteroatoms. The van der Waals surface area contributed by atoms with Crippen LogP contribution < -0.4 is 5.32 Å². The van der Waals surface area contributed by atoms with Crippen LogP contribution in [-0.2, 0) is 11.2 Å². The third kappa shape index (κ3) is 2.35. The van der Waals surface area contributed by atoms with Gasteiger partial charge in [-0.1, -0.05) is 6.07 Å². The van der Waals surface area contributed by atoms with Crippen molar-refractivity contribution < 1.29 is 4.79 Å². The molecule has 0 saturated carbocycles. The first-order chi connectivity index (χ1) is 11.6. The third-order valence-corrected chi connectivity index (χ3v) is 4.86. The Labute approximate surface area is 139 Å². The first kappa shape index (κ1) is 14.8. The maximum absolute atomic E-state index is 12.9. The molecule has 6 nitrogen and oxygen atoms in total. The number of H-pyrrole nitrogens is 1. The molecule has 3 aromatic rings. The van der Waals surface area contributed by atoms with E-state index in [4.69, 9.17) is 0 Å². The number of aromatic nitrogens is 4. The van der Waals surface area contributed by atoms with Gasteiger partial charge in [0.1, 0.15) is 17.8 Å². The Morgan fingerprint density at radius 1 is 1.29 bits per heavy atom. The lowest BCUT2D eigenvalue weighted by Crippen LogP contribution is -2.25. The smallest absolute Gasteiger partial charge is 0.233 e. The van der Waals surface area contributed by atoms with Crippen LogP contribution in [0.3, 0.4) is 0 Å². The van der Waals surface area contributed by atoms with Crippen LogP contribution in [0, 0.1) is 13.8 Å². The number of fused-ring (bicyclic) bond motifs is 2. The lowest BCUT2D eigenvalue weighted by atomic mass is 9.85. The minimum atomic E-state index is -0.173. The highest BCUT2D eigenvalue weighted by Crippen LogP contribution is 2.32. The molecule has 0 unspecified atom stereocenters. The van der Waals surface area contributed by atoms with Crippen LogP contribution in [0.4, 0.5) is 5.82 Å². The fourth-order valence-electron chi connectivity index (χ4n) is 3.47. The van der Waals surface area contributed by atoms with E-state index < -0.39 is 0 Å². The average Bonchev–Trinajstić information content (AvgIpc) is 2.89. The largest absolute Gasteiger partial charge is 0.343 e. The summed E-state index contributed by atoms with van der Waals surface area (Å²) in [7, 11) is 0. The van der Waals surface area contributed by atoms with Crippen molar-refractivity contribution >= 4 is 22.8 Å². The Morgan fingerprint density at radius 3 is 3.04 bits per heavy atom. The van der Waals surface area contributed by atoms with Crippen molar-refractivity contribution in [2.45, 2.75) is 39.0 Å². The predicted octanol–water partition coefficient (Wildman–Crippen LogP) is 3.03. The third-order valence-electron chi connectivity index (χ3n) is 4.86. The van der Waals surface area contributed by atoms with Crippen LogP contribution in [0.15, 0.2) is 24.7 Å². The Kier molecular flexibility index (Phi) is 3.52. The molecule has 1 aliphatic carbocycles. The molecular formula is C18H19N5O. The molecule has 1 atom stereocenters. The summed E-state index contributed by atoms with van der Waals surface area (Å²) in [5, 5.41) is 3.89. The highest BCUT2D eigenvalue weighted by Gasteiger charge is 2.28. The minimum absolute atomic E-state index is 0.0257. The Morgan fingerprint density at radius 2 is 2.17 bits per heavy atom. The monoisotopic (exact) mass is 321 g/mol. The van der Waals surface area contributed by atoms with Crippen molar-refractivity contribution in [1.29, 1.82) is 0 Å². The van der Waals surface area contributed by atoms with E-state index in [0.717, 1.165) is 52.8 Å². The van der Waals surface area contributed by atoms with E-state index in [2.05, 4.69) is 25.3 Å². The van der Waals surface area contributed by atoms with Crippen molar-refractivity contribution in [3.8, 4) is 0 Å². The van der Waals surface area contributed by atoms with Crippen molar-refractivity contribution in [2.75, 3.05) is 5.32 Å². The first-order valence-corrected chi connectivity index (χ1v) is 8.19. The van der Waals surface area contributed by atoms with Gasteiger partial charge < -0.3 is 10.3 Å². The van der Waals surface area contributed by atoms with Crippen LogP contribution in [0.2, 0.25) is 0 Å². The summed E-state index contributed by atoms with van der Waals surface area (Å²) in [5.41, 5.74) is 4.92. The van der Waals surface area contributed by atoms with Gasteiger partial charge >= 0.3 is 0 Å². The zero-order valence-corrected chi connectivity index (χ0v) is 13.8. The van der Waals surface area contributed by atoms with Crippen molar-refractivity contribution in [1.82, 2.24) is 19.9 Å². The Balaban J connectivity index is 1.69. The number of hydrogen-bond acceptors (Lipinski definition) is 4. The van der Waals surface area contributed by atoms with Gasteiger partial charge in [-0.05, 0) is 50.3 Å². The fourth-order valence-corrected chi connectivity index (χ4v) is 3.47. The van der Waals surface area contributed by atoms with E-state index in [9.17, 15) is 4.79 Å². The van der Waals surface area contributed by atoms with E-state index in [1.165, 1.54) is 6.33 Å². The van der Waals surface area contributed by atoms with Crippen molar-refractivity contribution in [3.63, 3.8) is 0 Å². The molecule has 0 radical (unpaired) electrons. The van der Waals surface area contributed by atoms with Crippen molar-refractivity contribution in [2.24, 2.45) is 0 Å². The molecule has 0 spiro atoms. The van der Waals surface area contributed by atoms with Crippen molar-refractivity contribution in [3.05, 3.63) is 47.2 Å². The summed E-state index contributed by atoms with van der Waals surface area (Å²) < 4.78 is 0. The van der Waals surface area contributed by atoms with E-state index in [1.54, 1.807) is 6.20 Å². The molecule has 4 rings (SSSR count). The number of amides is 1. The lowest BCUT2D eigenvalue weighted by molar-refractivity contribution is -0.117. The molecule has 1 amide bonds. The molecule has 0 bridgehead atoms. The number of aromatic amines is 1. The molecule has 0 fully saturated rings. The Bertz CT molecular complexity index is 930. The number of nitrogens with zero attached hydrogens (tertiary/aromatic N) is 3. The van der Waals surface area contributed by atoms with Crippen LogP contribution >= 0.6 is 0 Å². The summed E-state index contributed by atoms with van der Waals surface area (Å²) in [6.07, 6.45) is 6.02. The van der Waals surface area contributed by atoms with Gasteiger partial charge in [-0.25, -0.2) is 9.97 Å². The van der Waals surface area contributed by atoms with Gasteiger partial charge in [0.05, 0.1) is 11.3 Å². The molecule has 0 aliphatic heterocycles.